The first kappa shape index (κ1) is 13.7. The van der Waals surface area contributed by atoms with Gasteiger partial charge in [0.05, 0.1) is 8.45 Å². The van der Waals surface area contributed by atoms with Gasteiger partial charge in [0, 0.05) is 19.0 Å². The molecule has 0 bridgehead atoms. The van der Waals surface area contributed by atoms with Crippen molar-refractivity contribution < 1.29 is 14.3 Å². The summed E-state index contributed by atoms with van der Waals surface area (Å²) in [7, 11) is 1.80. The number of hydrogen-bond donors (Lipinski definition) is 0. The van der Waals surface area contributed by atoms with E-state index in [1.807, 2.05) is 29.6 Å². The second-order valence-corrected chi connectivity index (χ2v) is 7.29. The molecule has 1 amide bonds. The van der Waals surface area contributed by atoms with Gasteiger partial charge in [0.25, 0.3) is 5.91 Å². The zero-order valence-electron chi connectivity index (χ0n) is 10.8. The third-order valence-corrected chi connectivity index (χ3v) is 4.81. The highest BCUT2D eigenvalue weighted by atomic mass is 127. The maximum Gasteiger partial charge on any atom is 0.254 e. The van der Waals surface area contributed by atoms with Crippen molar-refractivity contribution in [1.82, 2.24) is 4.90 Å². The van der Waals surface area contributed by atoms with Crippen LogP contribution in [0.3, 0.4) is 0 Å². The first-order valence-electron chi connectivity index (χ1n) is 6.01. The lowest BCUT2D eigenvalue weighted by molar-refractivity contribution is 0.0785. The molecule has 0 unspecified atom stereocenters. The first-order chi connectivity index (χ1) is 9.63. The number of nitrogens with zero attached hydrogens (tertiary/aromatic N) is 1. The Morgan fingerprint density at radius 1 is 1.35 bits per heavy atom. The van der Waals surface area contributed by atoms with Crippen molar-refractivity contribution in [2.45, 2.75) is 6.54 Å². The van der Waals surface area contributed by atoms with Gasteiger partial charge in [-0.3, -0.25) is 4.79 Å². The molecule has 1 aliphatic rings. The van der Waals surface area contributed by atoms with Crippen molar-refractivity contribution in [3.05, 3.63) is 43.7 Å². The largest absolute Gasteiger partial charge is 0.454 e. The van der Waals surface area contributed by atoms with E-state index in [4.69, 9.17) is 9.47 Å². The molecular weight excluding hydrogens is 389 g/mol. The summed E-state index contributed by atoms with van der Waals surface area (Å²) in [5, 5.41) is 1.89. The van der Waals surface area contributed by atoms with Crippen molar-refractivity contribution in [3.63, 3.8) is 0 Å². The van der Waals surface area contributed by atoms with E-state index in [2.05, 4.69) is 22.6 Å². The van der Waals surface area contributed by atoms with E-state index in [9.17, 15) is 4.79 Å². The Bertz CT molecular complexity index is 656. The summed E-state index contributed by atoms with van der Waals surface area (Å²) < 4.78 is 11.7. The van der Waals surface area contributed by atoms with Crippen LogP contribution in [0.4, 0.5) is 0 Å². The molecule has 20 heavy (non-hydrogen) atoms. The Labute approximate surface area is 134 Å². The van der Waals surface area contributed by atoms with Gasteiger partial charge in [0.15, 0.2) is 11.5 Å². The summed E-state index contributed by atoms with van der Waals surface area (Å²) in [5.74, 6) is 1.53. The van der Waals surface area contributed by atoms with E-state index < -0.39 is 0 Å². The predicted octanol–water partition coefficient (Wildman–Crippen LogP) is 3.35. The number of amides is 1. The third kappa shape index (κ3) is 2.76. The SMILES string of the molecule is CN(Cc1ccc2c(c1)OCO2)C(=O)c1csc(I)c1. The Morgan fingerprint density at radius 3 is 2.90 bits per heavy atom. The highest BCUT2D eigenvalue weighted by molar-refractivity contribution is 14.1. The molecule has 104 valence electrons. The summed E-state index contributed by atoms with van der Waals surface area (Å²) in [6.07, 6.45) is 0. The first-order valence-corrected chi connectivity index (χ1v) is 7.97. The number of ether oxygens (including phenoxy) is 2. The van der Waals surface area contributed by atoms with Crippen LogP contribution >= 0.6 is 33.9 Å². The van der Waals surface area contributed by atoms with Crippen LogP contribution in [-0.2, 0) is 6.54 Å². The average Bonchev–Trinajstić information content (AvgIpc) is 3.05. The molecular formula is C14H12INO3S. The van der Waals surface area contributed by atoms with Crippen LogP contribution in [0.2, 0.25) is 0 Å². The fourth-order valence-electron chi connectivity index (χ4n) is 2.03. The highest BCUT2D eigenvalue weighted by Gasteiger charge is 2.16. The second kappa shape index (κ2) is 5.61. The van der Waals surface area contributed by atoms with Crippen LogP contribution in [0.15, 0.2) is 29.6 Å². The standard InChI is InChI=1S/C14H12INO3S/c1-16(14(17)10-5-13(15)20-7-10)6-9-2-3-11-12(4-9)19-8-18-11/h2-5,7H,6,8H2,1H3. The van der Waals surface area contributed by atoms with Crippen molar-refractivity contribution >= 4 is 39.8 Å². The molecule has 1 aliphatic heterocycles. The molecule has 2 heterocycles. The van der Waals surface area contributed by atoms with E-state index in [0.29, 0.717) is 6.54 Å². The summed E-state index contributed by atoms with van der Waals surface area (Å²) in [6.45, 7) is 0.808. The van der Waals surface area contributed by atoms with Gasteiger partial charge < -0.3 is 14.4 Å². The molecule has 3 rings (SSSR count). The normalized spacial score (nSPS) is 12.5. The van der Waals surface area contributed by atoms with E-state index >= 15 is 0 Å². The maximum atomic E-state index is 12.3. The predicted molar refractivity (Wildman–Crippen MR) is 85.4 cm³/mol. The third-order valence-electron chi connectivity index (χ3n) is 3.02. The fourth-order valence-corrected chi connectivity index (χ4v) is 3.35. The maximum absolute atomic E-state index is 12.3. The number of halogens is 1. The fraction of sp³-hybridized carbons (Fsp3) is 0.214. The molecule has 0 N–H and O–H groups in total. The second-order valence-electron chi connectivity index (χ2n) is 4.49. The van der Waals surface area contributed by atoms with Gasteiger partial charge in [-0.2, -0.15) is 0 Å². The lowest BCUT2D eigenvalue weighted by Crippen LogP contribution is -2.25. The number of carbonyl (C=O) groups is 1. The lowest BCUT2D eigenvalue weighted by Gasteiger charge is -2.16. The number of rotatable bonds is 3. The van der Waals surface area contributed by atoms with Gasteiger partial charge in [-0.05, 0) is 46.4 Å². The van der Waals surface area contributed by atoms with Gasteiger partial charge >= 0.3 is 0 Å². The summed E-state index contributed by atoms with van der Waals surface area (Å²) in [6, 6.07) is 7.66. The number of benzene rings is 1. The zero-order valence-corrected chi connectivity index (χ0v) is 13.7. The number of carbonyl (C=O) groups excluding carboxylic acids is 1. The van der Waals surface area contributed by atoms with Gasteiger partial charge in [0.1, 0.15) is 0 Å². The molecule has 1 aromatic heterocycles. The molecule has 0 atom stereocenters. The van der Waals surface area contributed by atoms with Crippen LogP contribution < -0.4 is 9.47 Å². The molecule has 0 saturated heterocycles. The molecule has 0 fully saturated rings. The van der Waals surface area contributed by atoms with Gasteiger partial charge in [-0.25, -0.2) is 0 Å². The zero-order chi connectivity index (χ0) is 14.1. The Balaban J connectivity index is 1.72. The van der Waals surface area contributed by atoms with Gasteiger partial charge in [-0.1, -0.05) is 6.07 Å². The Hall–Kier alpha value is -1.28. The van der Waals surface area contributed by atoms with Crippen molar-refractivity contribution in [3.8, 4) is 11.5 Å². The molecule has 0 aliphatic carbocycles. The lowest BCUT2D eigenvalue weighted by atomic mass is 10.2. The van der Waals surface area contributed by atoms with E-state index in [-0.39, 0.29) is 12.7 Å². The monoisotopic (exact) mass is 401 g/mol. The quantitative estimate of drug-likeness (QED) is 0.741. The summed E-state index contributed by atoms with van der Waals surface area (Å²) in [5.41, 5.74) is 1.76. The van der Waals surface area contributed by atoms with Crippen LogP contribution in [-0.4, -0.2) is 24.6 Å². The van der Waals surface area contributed by atoms with Crippen LogP contribution in [0, 0.1) is 2.88 Å². The average molecular weight is 401 g/mol. The molecule has 6 heteroatoms. The van der Waals surface area contributed by atoms with Crippen LogP contribution in [0.5, 0.6) is 11.5 Å². The number of fused-ring (bicyclic) bond motifs is 1. The minimum atomic E-state index is 0.0295. The van der Waals surface area contributed by atoms with E-state index in [0.717, 1.165) is 25.5 Å². The van der Waals surface area contributed by atoms with Gasteiger partial charge in [0.2, 0.25) is 6.79 Å². The molecule has 2 aromatic rings. The summed E-state index contributed by atoms with van der Waals surface area (Å²) >= 11 is 3.79. The number of thiophene rings is 1. The number of hydrogen-bond acceptors (Lipinski definition) is 4. The van der Waals surface area contributed by atoms with E-state index in [1.165, 1.54) is 0 Å². The van der Waals surface area contributed by atoms with Crippen molar-refractivity contribution in [2.24, 2.45) is 0 Å². The highest BCUT2D eigenvalue weighted by Crippen LogP contribution is 2.32. The van der Waals surface area contributed by atoms with Crippen LogP contribution in [0.25, 0.3) is 0 Å². The Kier molecular flexibility index (Phi) is 3.84. The van der Waals surface area contributed by atoms with Crippen molar-refractivity contribution in [1.29, 1.82) is 0 Å². The summed E-state index contributed by atoms with van der Waals surface area (Å²) in [4.78, 5) is 14.0. The molecule has 0 saturated carbocycles. The minimum absolute atomic E-state index is 0.0295. The van der Waals surface area contributed by atoms with Crippen LogP contribution in [0.1, 0.15) is 15.9 Å². The van der Waals surface area contributed by atoms with Gasteiger partial charge in [-0.15, -0.1) is 11.3 Å². The molecule has 4 nitrogen and oxygen atoms in total. The smallest absolute Gasteiger partial charge is 0.254 e. The van der Waals surface area contributed by atoms with Crippen molar-refractivity contribution in [2.75, 3.05) is 13.8 Å². The molecule has 0 spiro atoms. The minimum Gasteiger partial charge on any atom is -0.454 e. The molecule has 1 aromatic carbocycles. The van der Waals surface area contributed by atoms with E-state index in [1.54, 1.807) is 23.3 Å². The molecule has 0 radical (unpaired) electrons. The Morgan fingerprint density at radius 2 is 2.15 bits per heavy atom. The topological polar surface area (TPSA) is 38.8 Å².